The molecule has 0 aliphatic heterocycles. The molecule has 0 amide bonds. The van der Waals surface area contributed by atoms with E-state index in [1.54, 1.807) is 12.1 Å². The molecule has 1 N–H and O–H groups in total. The molecule has 0 aliphatic carbocycles. The standard InChI is InChI=1S/C13H7BrCl2F3NO/c14-7-3-6(4-8(15)5-7)11(21)9-1-2-10(13(17,18)19)20-12(9)16/h1-5,11,21H. The summed E-state index contributed by atoms with van der Waals surface area (Å²) in [5.74, 6) is 0. The normalized spacial score (nSPS) is 13.3. The van der Waals surface area contributed by atoms with Gasteiger partial charge >= 0.3 is 6.18 Å². The van der Waals surface area contributed by atoms with E-state index in [4.69, 9.17) is 23.2 Å². The fourth-order valence-electron chi connectivity index (χ4n) is 1.72. The van der Waals surface area contributed by atoms with Gasteiger partial charge in [0.25, 0.3) is 0 Å². The largest absolute Gasteiger partial charge is 0.433 e. The highest BCUT2D eigenvalue weighted by Gasteiger charge is 2.33. The van der Waals surface area contributed by atoms with Crippen LogP contribution in [0.15, 0.2) is 34.8 Å². The Kier molecular flexibility index (Phi) is 4.82. The molecular formula is C13H7BrCl2F3NO. The number of hydrogen-bond donors (Lipinski definition) is 1. The molecule has 0 saturated carbocycles. The van der Waals surface area contributed by atoms with Gasteiger partial charge in [-0.2, -0.15) is 13.2 Å². The summed E-state index contributed by atoms with van der Waals surface area (Å²) in [4.78, 5) is 3.27. The van der Waals surface area contributed by atoms with Gasteiger partial charge in [-0.15, -0.1) is 0 Å². The van der Waals surface area contributed by atoms with E-state index in [1.807, 2.05) is 0 Å². The van der Waals surface area contributed by atoms with Gasteiger partial charge in [-0.05, 0) is 29.8 Å². The Morgan fingerprint density at radius 1 is 1.14 bits per heavy atom. The lowest BCUT2D eigenvalue weighted by Crippen LogP contribution is -2.10. The van der Waals surface area contributed by atoms with Gasteiger partial charge in [0.05, 0.1) is 0 Å². The predicted octanol–water partition coefficient (Wildman–Crippen LogP) is 5.25. The Hall–Kier alpha value is -0.820. The first-order valence-electron chi connectivity index (χ1n) is 5.56. The van der Waals surface area contributed by atoms with Gasteiger partial charge in [-0.25, -0.2) is 4.98 Å². The van der Waals surface area contributed by atoms with Crippen LogP contribution >= 0.6 is 39.1 Å². The molecule has 0 fully saturated rings. The number of nitrogens with zero attached hydrogens (tertiary/aromatic N) is 1. The Morgan fingerprint density at radius 2 is 1.81 bits per heavy atom. The lowest BCUT2D eigenvalue weighted by molar-refractivity contribution is -0.141. The lowest BCUT2D eigenvalue weighted by Gasteiger charge is -2.15. The van der Waals surface area contributed by atoms with E-state index in [-0.39, 0.29) is 5.56 Å². The average molecular weight is 401 g/mol. The predicted molar refractivity (Wildman–Crippen MR) is 77.5 cm³/mol. The molecule has 0 bridgehead atoms. The zero-order valence-corrected chi connectivity index (χ0v) is 13.2. The van der Waals surface area contributed by atoms with Crippen molar-refractivity contribution in [2.24, 2.45) is 0 Å². The summed E-state index contributed by atoms with van der Waals surface area (Å²) in [6, 6.07) is 6.56. The molecule has 8 heteroatoms. The van der Waals surface area contributed by atoms with Crippen LogP contribution in [0.4, 0.5) is 13.2 Å². The summed E-state index contributed by atoms with van der Waals surface area (Å²) >= 11 is 14.8. The van der Waals surface area contributed by atoms with Gasteiger partial charge in [-0.1, -0.05) is 45.2 Å². The molecule has 2 rings (SSSR count). The van der Waals surface area contributed by atoms with E-state index in [0.717, 1.165) is 12.1 Å². The Balaban J connectivity index is 2.42. The van der Waals surface area contributed by atoms with Gasteiger partial charge in [0.2, 0.25) is 0 Å². The minimum atomic E-state index is -4.59. The fourth-order valence-corrected chi connectivity index (χ4v) is 2.86. The molecule has 1 aromatic heterocycles. The van der Waals surface area contributed by atoms with Crippen LogP contribution in [-0.2, 0) is 6.18 Å². The topological polar surface area (TPSA) is 33.1 Å². The SMILES string of the molecule is OC(c1cc(Cl)cc(Br)c1)c1ccc(C(F)(F)F)nc1Cl. The van der Waals surface area contributed by atoms with E-state index < -0.39 is 23.1 Å². The second-order valence-electron chi connectivity index (χ2n) is 4.18. The lowest BCUT2D eigenvalue weighted by atomic mass is 10.0. The minimum Gasteiger partial charge on any atom is -0.384 e. The molecule has 0 aliphatic rings. The summed E-state index contributed by atoms with van der Waals surface area (Å²) in [5, 5.41) is 10.2. The molecule has 21 heavy (non-hydrogen) atoms. The van der Waals surface area contributed by atoms with Crippen LogP contribution in [0.3, 0.4) is 0 Å². The van der Waals surface area contributed by atoms with Crippen molar-refractivity contribution in [2.45, 2.75) is 12.3 Å². The van der Waals surface area contributed by atoms with Crippen molar-refractivity contribution in [1.29, 1.82) is 0 Å². The van der Waals surface area contributed by atoms with Crippen LogP contribution in [0.2, 0.25) is 10.2 Å². The second-order valence-corrected chi connectivity index (χ2v) is 5.89. The van der Waals surface area contributed by atoms with Crippen molar-refractivity contribution in [2.75, 3.05) is 0 Å². The van der Waals surface area contributed by atoms with Crippen molar-refractivity contribution >= 4 is 39.1 Å². The highest BCUT2D eigenvalue weighted by molar-refractivity contribution is 9.10. The number of rotatable bonds is 2. The summed E-state index contributed by atoms with van der Waals surface area (Å²) < 4.78 is 38.2. The molecule has 2 nitrogen and oxygen atoms in total. The first kappa shape index (κ1) is 16.5. The molecule has 0 saturated heterocycles. The minimum absolute atomic E-state index is 0.0684. The van der Waals surface area contributed by atoms with Crippen LogP contribution in [0.25, 0.3) is 0 Å². The number of benzene rings is 1. The Labute approximate surface area is 136 Å². The van der Waals surface area contributed by atoms with E-state index in [1.165, 1.54) is 6.07 Å². The zero-order valence-electron chi connectivity index (χ0n) is 10.1. The Bertz CT molecular complexity index is 659. The van der Waals surface area contributed by atoms with Gasteiger partial charge in [-0.3, -0.25) is 0 Å². The molecule has 1 heterocycles. The fraction of sp³-hybridized carbons (Fsp3) is 0.154. The van der Waals surface area contributed by atoms with Crippen LogP contribution in [0, 0.1) is 0 Å². The third-order valence-electron chi connectivity index (χ3n) is 2.66. The first-order valence-corrected chi connectivity index (χ1v) is 7.11. The molecule has 1 atom stereocenters. The van der Waals surface area contributed by atoms with E-state index in [2.05, 4.69) is 20.9 Å². The maximum absolute atomic E-state index is 12.5. The number of aliphatic hydroxyl groups is 1. The number of hydrogen-bond acceptors (Lipinski definition) is 2. The van der Waals surface area contributed by atoms with E-state index in [9.17, 15) is 18.3 Å². The van der Waals surface area contributed by atoms with Gasteiger partial charge in [0, 0.05) is 15.1 Å². The molecule has 0 radical (unpaired) electrons. The number of halogens is 6. The number of alkyl halides is 3. The van der Waals surface area contributed by atoms with E-state index in [0.29, 0.717) is 15.1 Å². The number of pyridine rings is 1. The smallest absolute Gasteiger partial charge is 0.384 e. The summed E-state index contributed by atoms with van der Waals surface area (Å²) in [5.41, 5.74) is -0.660. The van der Waals surface area contributed by atoms with Crippen molar-refractivity contribution in [3.63, 3.8) is 0 Å². The Morgan fingerprint density at radius 3 is 2.33 bits per heavy atom. The van der Waals surface area contributed by atoms with Crippen molar-refractivity contribution < 1.29 is 18.3 Å². The highest BCUT2D eigenvalue weighted by atomic mass is 79.9. The van der Waals surface area contributed by atoms with Gasteiger partial charge in [0.1, 0.15) is 17.0 Å². The van der Waals surface area contributed by atoms with Crippen molar-refractivity contribution in [3.8, 4) is 0 Å². The third kappa shape index (κ3) is 3.88. The van der Waals surface area contributed by atoms with Crippen LogP contribution in [0.5, 0.6) is 0 Å². The van der Waals surface area contributed by atoms with E-state index >= 15 is 0 Å². The van der Waals surface area contributed by atoms with Crippen LogP contribution in [-0.4, -0.2) is 10.1 Å². The zero-order chi connectivity index (χ0) is 15.8. The summed E-state index contributed by atoms with van der Waals surface area (Å²) in [6.07, 6.45) is -5.83. The monoisotopic (exact) mass is 399 g/mol. The maximum Gasteiger partial charge on any atom is 0.433 e. The number of aromatic nitrogens is 1. The van der Waals surface area contributed by atoms with Gasteiger partial charge in [0.15, 0.2) is 0 Å². The summed E-state index contributed by atoms with van der Waals surface area (Å²) in [7, 11) is 0. The molecule has 1 aromatic carbocycles. The van der Waals surface area contributed by atoms with Crippen LogP contribution in [0.1, 0.15) is 22.9 Å². The maximum atomic E-state index is 12.5. The molecule has 1 unspecified atom stereocenters. The summed E-state index contributed by atoms with van der Waals surface area (Å²) in [6.45, 7) is 0. The highest BCUT2D eigenvalue weighted by Crippen LogP contribution is 2.34. The number of aliphatic hydroxyl groups excluding tert-OH is 1. The quantitative estimate of drug-likeness (QED) is 0.698. The second kappa shape index (κ2) is 6.12. The molecular weight excluding hydrogens is 394 g/mol. The average Bonchev–Trinajstić information content (AvgIpc) is 2.35. The molecule has 0 spiro atoms. The van der Waals surface area contributed by atoms with Crippen molar-refractivity contribution in [1.82, 2.24) is 4.98 Å². The van der Waals surface area contributed by atoms with Gasteiger partial charge < -0.3 is 5.11 Å². The van der Waals surface area contributed by atoms with Crippen molar-refractivity contribution in [3.05, 3.63) is 61.8 Å². The molecule has 2 aromatic rings. The first-order chi connectivity index (χ1) is 9.68. The third-order valence-corrected chi connectivity index (χ3v) is 3.64. The molecule has 112 valence electrons. The van der Waals surface area contributed by atoms with Crippen LogP contribution < -0.4 is 0 Å².